The highest BCUT2D eigenvalue weighted by molar-refractivity contribution is 5.64. The van der Waals surface area contributed by atoms with E-state index in [4.69, 9.17) is 11.2 Å². The van der Waals surface area contributed by atoms with Crippen LogP contribution in [-0.4, -0.2) is 18.1 Å². The van der Waals surface area contributed by atoms with E-state index in [0.717, 1.165) is 0 Å². The van der Waals surface area contributed by atoms with Crippen molar-refractivity contribution in [2.75, 3.05) is 12.4 Å². The molecule has 0 aliphatic heterocycles. The molecule has 1 atom stereocenters. The molecule has 0 fully saturated rings. The zero-order chi connectivity index (χ0) is 12.8. The third-order valence-electron chi connectivity index (χ3n) is 2.23. The Kier molecular flexibility index (Phi) is 4.35. The fourth-order valence-corrected chi connectivity index (χ4v) is 1.41. The second-order valence-electron chi connectivity index (χ2n) is 3.59. The van der Waals surface area contributed by atoms with Gasteiger partial charge in [-0.1, -0.05) is 0 Å². The van der Waals surface area contributed by atoms with Gasteiger partial charge in [0.15, 0.2) is 0 Å². The number of anilines is 1. The van der Waals surface area contributed by atoms with Crippen LogP contribution in [-0.2, 0) is 0 Å². The van der Waals surface area contributed by atoms with E-state index < -0.39 is 4.92 Å². The third-order valence-corrected chi connectivity index (χ3v) is 2.23. The predicted octanol–water partition coefficient (Wildman–Crippen LogP) is 2.43. The molecule has 0 aliphatic carbocycles. The number of ether oxygens (including phenoxy) is 1. The molecule has 0 saturated heterocycles. The summed E-state index contributed by atoms with van der Waals surface area (Å²) in [6.07, 6.45) is 5.68. The van der Waals surface area contributed by atoms with Gasteiger partial charge < -0.3 is 10.1 Å². The van der Waals surface area contributed by atoms with E-state index in [-0.39, 0.29) is 11.7 Å². The minimum Gasteiger partial charge on any atom is -0.497 e. The number of hydrogen-bond donors (Lipinski definition) is 1. The summed E-state index contributed by atoms with van der Waals surface area (Å²) in [6, 6.07) is 4.51. The Hall–Kier alpha value is -2.22. The highest BCUT2D eigenvalue weighted by atomic mass is 16.6. The van der Waals surface area contributed by atoms with Gasteiger partial charge in [-0.3, -0.25) is 10.1 Å². The van der Waals surface area contributed by atoms with Crippen LogP contribution in [0.2, 0.25) is 0 Å². The standard InChI is InChI=1S/C12H14N2O3/c1-4-5-9(2)13-11-8-10(17-3)6-7-12(11)14(15)16/h1,6-9,13H,5H2,2-3H3. The van der Waals surface area contributed by atoms with Gasteiger partial charge in [-0.15, -0.1) is 12.3 Å². The smallest absolute Gasteiger partial charge is 0.292 e. The quantitative estimate of drug-likeness (QED) is 0.482. The summed E-state index contributed by atoms with van der Waals surface area (Å²) in [5.74, 6) is 3.06. The Morgan fingerprint density at radius 3 is 2.88 bits per heavy atom. The van der Waals surface area contributed by atoms with Crippen LogP contribution < -0.4 is 10.1 Å². The second-order valence-corrected chi connectivity index (χ2v) is 3.59. The molecule has 90 valence electrons. The van der Waals surface area contributed by atoms with Crippen LogP contribution in [0.5, 0.6) is 5.75 Å². The lowest BCUT2D eigenvalue weighted by molar-refractivity contribution is -0.384. The van der Waals surface area contributed by atoms with E-state index >= 15 is 0 Å². The van der Waals surface area contributed by atoms with Crippen molar-refractivity contribution in [3.05, 3.63) is 28.3 Å². The number of methoxy groups -OCH3 is 1. The van der Waals surface area contributed by atoms with Gasteiger partial charge in [0.25, 0.3) is 5.69 Å². The third kappa shape index (κ3) is 3.38. The maximum atomic E-state index is 10.8. The number of terminal acetylenes is 1. The van der Waals surface area contributed by atoms with Crippen LogP contribution >= 0.6 is 0 Å². The molecule has 0 aliphatic rings. The number of nitrogens with zero attached hydrogens (tertiary/aromatic N) is 1. The number of nitro benzene ring substituents is 1. The van der Waals surface area contributed by atoms with Crippen LogP contribution in [0.25, 0.3) is 0 Å². The van der Waals surface area contributed by atoms with Crippen molar-refractivity contribution in [3.63, 3.8) is 0 Å². The fraction of sp³-hybridized carbons (Fsp3) is 0.333. The number of nitrogens with one attached hydrogen (secondary N) is 1. The van der Waals surface area contributed by atoms with E-state index in [0.29, 0.717) is 17.9 Å². The second kappa shape index (κ2) is 5.75. The van der Waals surface area contributed by atoms with Crippen molar-refractivity contribution < 1.29 is 9.66 Å². The molecule has 1 aromatic carbocycles. The molecule has 5 heteroatoms. The van der Waals surface area contributed by atoms with Gasteiger partial charge in [-0.2, -0.15) is 0 Å². The average Bonchev–Trinajstić information content (AvgIpc) is 2.28. The molecule has 0 spiro atoms. The van der Waals surface area contributed by atoms with Crippen molar-refractivity contribution in [3.8, 4) is 18.1 Å². The van der Waals surface area contributed by atoms with Crippen LogP contribution in [0.3, 0.4) is 0 Å². The van der Waals surface area contributed by atoms with Gasteiger partial charge >= 0.3 is 0 Å². The molecule has 0 aromatic heterocycles. The van der Waals surface area contributed by atoms with Crippen molar-refractivity contribution in [1.82, 2.24) is 0 Å². The summed E-state index contributed by atoms with van der Waals surface area (Å²) in [4.78, 5) is 10.4. The van der Waals surface area contributed by atoms with E-state index in [2.05, 4.69) is 11.2 Å². The molecule has 0 radical (unpaired) electrons. The van der Waals surface area contributed by atoms with Gasteiger partial charge in [0.2, 0.25) is 0 Å². The number of nitro groups is 1. The number of rotatable bonds is 5. The van der Waals surface area contributed by atoms with Crippen molar-refractivity contribution in [1.29, 1.82) is 0 Å². The molecule has 1 N–H and O–H groups in total. The molecular weight excluding hydrogens is 220 g/mol. The normalized spacial score (nSPS) is 11.4. The highest BCUT2D eigenvalue weighted by Gasteiger charge is 2.15. The fourth-order valence-electron chi connectivity index (χ4n) is 1.41. The van der Waals surface area contributed by atoms with Crippen molar-refractivity contribution in [2.24, 2.45) is 0 Å². The molecule has 0 saturated carbocycles. The Balaban J connectivity index is 3.01. The monoisotopic (exact) mass is 234 g/mol. The first kappa shape index (κ1) is 12.8. The molecule has 5 nitrogen and oxygen atoms in total. The summed E-state index contributed by atoms with van der Waals surface area (Å²) >= 11 is 0. The number of benzene rings is 1. The molecule has 17 heavy (non-hydrogen) atoms. The highest BCUT2D eigenvalue weighted by Crippen LogP contribution is 2.29. The Labute approximate surface area is 99.9 Å². The topological polar surface area (TPSA) is 64.4 Å². The lowest BCUT2D eigenvalue weighted by Crippen LogP contribution is -2.15. The van der Waals surface area contributed by atoms with E-state index in [1.807, 2.05) is 6.92 Å². The van der Waals surface area contributed by atoms with Crippen LogP contribution in [0.4, 0.5) is 11.4 Å². The summed E-state index contributed by atoms with van der Waals surface area (Å²) in [5, 5.41) is 13.8. The van der Waals surface area contributed by atoms with Crippen molar-refractivity contribution in [2.45, 2.75) is 19.4 Å². The summed E-state index contributed by atoms with van der Waals surface area (Å²) in [6.45, 7) is 1.86. The lowest BCUT2D eigenvalue weighted by Gasteiger charge is -2.13. The van der Waals surface area contributed by atoms with Gasteiger partial charge in [0.05, 0.1) is 12.0 Å². The minimum atomic E-state index is -0.440. The average molecular weight is 234 g/mol. The molecule has 0 heterocycles. The Morgan fingerprint density at radius 1 is 1.65 bits per heavy atom. The van der Waals surface area contributed by atoms with E-state index in [9.17, 15) is 10.1 Å². The first-order chi connectivity index (χ1) is 8.08. The first-order valence-electron chi connectivity index (χ1n) is 5.11. The maximum absolute atomic E-state index is 10.8. The molecular formula is C12H14N2O3. The predicted molar refractivity (Wildman–Crippen MR) is 66.2 cm³/mol. The van der Waals surface area contributed by atoms with Crippen LogP contribution in [0, 0.1) is 22.5 Å². The Morgan fingerprint density at radius 2 is 2.35 bits per heavy atom. The SMILES string of the molecule is C#CCC(C)Nc1cc(OC)ccc1[N+](=O)[O-]. The summed E-state index contributed by atoms with van der Waals surface area (Å²) < 4.78 is 5.03. The zero-order valence-corrected chi connectivity index (χ0v) is 9.77. The lowest BCUT2D eigenvalue weighted by atomic mass is 10.2. The van der Waals surface area contributed by atoms with Gasteiger partial charge in [-0.25, -0.2) is 0 Å². The van der Waals surface area contributed by atoms with Crippen LogP contribution in [0.1, 0.15) is 13.3 Å². The zero-order valence-electron chi connectivity index (χ0n) is 9.77. The van der Waals surface area contributed by atoms with Crippen molar-refractivity contribution >= 4 is 11.4 Å². The van der Waals surface area contributed by atoms with E-state index in [1.165, 1.54) is 13.2 Å². The van der Waals surface area contributed by atoms with Gasteiger partial charge in [0.1, 0.15) is 11.4 Å². The summed E-state index contributed by atoms with van der Waals surface area (Å²) in [5.41, 5.74) is 0.423. The summed E-state index contributed by atoms with van der Waals surface area (Å²) in [7, 11) is 1.51. The van der Waals surface area contributed by atoms with E-state index in [1.54, 1.807) is 12.1 Å². The molecule has 0 amide bonds. The molecule has 1 aromatic rings. The molecule has 1 rings (SSSR count). The van der Waals surface area contributed by atoms with Gasteiger partial charge in [0, 0.05) is 24.6 Å². The maximum Gasteiger partial charge on any atom is 0.292 e. The van der Waals surface area contributed by atoms with Crippen LogP contribution in [0.15, 0.2) is 18.2 Å². The largest absolute Gasteiger partial charge is 0.497 e. The molecule has 1 unspecified atom stereocenters. The molecule has 0 bridgehead atoms. The number of hydrogen-bond acceptors (Lipinski definition) is 4. The van der Waals surface area contributed by atoms with Gasteiger partial charge in [-0.05, 0) is 13.0 Å². The Bertz CT molecular complexity index is 452. The first-order valence-corrected chi connectivity index (χ1v) is 5.11. The minimum absolute atomic E-state index is 0.00896.